The summed E-state index contributed by atoms with van der Waals surface area (Å²) in [6.07, 6.45) is 4.22. The van der Waals surface area contributed by atoms with Gasteiger partial charge in [0.2, 0.25) is 0 Å². The molecule has 0 saturated carbocycles. The van der Waals surface area contributed by atoms with E-state index in [9.17, 15) is 0 Å². The zero-order valence-electron chi connectivity index (χ0n) is 11.9. The third kappa shape index (κ3) is 2.85. The fraction of sp³-hybridized carbons (Fsp3) is 0.438. The zero-order chi connectivity index (χ0) is 13.8. The predicted molar refractivity (Wildman–Crippen MR) is 78.8 cm³/mol. The van der Waals surface area contributed by atoms with Crippen molar-refractivity contribution in [1.82, 2.24) is 15.1 Å². The van der Waals surface area contributed by atoms with Gasteiger partial charge in [-0.2, -0.15) is 5.10 Å². The van der Waals surface area contributed by atoms with E-state index in [4.69, 9.17) is 4.74 Å². The Balaban J connectivity index is 1.48. The molecule has 4 heteroatoms. The molecule has 1 aliphatic heterocycles. The minimum atomic E-state index is 0.245. The van der Waals surface area contributed by atoms with Crippen LogP contribution in [0.15, 0.2) is 36.5 Å². The number of aromatic nitrogens is 2. The number of nitrogens with zero attached hydrogens (tertiary/aromatic N) is 2. The first-order chi connectivity index (χ1) is 9.86. The number of benzene rings is 1. The molecule has 2 aromatic rings. The molecule has 1 N–H and O–H groups in total. The Hall–Kier alpha value is -1.81. The third-order valence-electron chi connectivity index (χ3n) is 3.63. The lowest BCUT2D eigenvalue weighted by atomic mass is 10.1. The normalized spacial score (nSPS) is 16.9. The smallest absolute Gasteiger partial charge is 0.123 e. The van der Waals surface area contributed by atoms with Gasteiger partial charge in [-0.3, -0.25) is 4.68 Å². The lowest BCUT2D eigenvalue weighted by Gasteiger charge is -2.12. The van der Waals surface area contributed by atoms with Gasteiger partial charge in [-0.25, -0.2) is 0 Å². The van der Waals surface area contributed by atoms with Crippen LogP contribution in [0.3, 0.4) is 0 Å². The van der Waals surface area contributed by atoms with Crippen LogP contribution >= 0.6 is 0 Å². The molecule has 0 saturated heterocycles. The highest BCUT2D eigenvalue weighted by Gasteiger charge is 2.21. The Kier molecular flexibility index (Phi) is 4.02. The maximum absolute atomic E-state index is 5.92. The first-order valence-corrected chi connectivity index (χ1v) is 7.33. The van der Waals surface area contributed by atoms with Crippen LogP contribution in [-0.2, 0) is 19.5 Å². The Labute approximate surface area is 119 Å². The molecule has 0 spiro atoms. The van der Waals surface area contributed by atoms with Crippen LogP contribution < -0.4 is 10.1 Å². The Bertz CT molecular complexity index is 539. The van der Waals surface area contributed by atoms with E-state index in [0.717, 1.165) is 38.2 Å². The summed E-state index contributed by atoms with van der Waals surface area (Å²) in [5.41, 5.74) is 2.55. The second-order valence-electron chi connectivity index (χ2n) is 5.23. The van der Waals surface area contributed by atoms with Crippen molar-refractivity contribution >= 4 is 0 Å². The molecule has 0 radical (unpaired) electrons. The largest absolute Gasteiger partial charge is 0.488 e. The predicted octanol–water partition coefficient (Wildman–Crippen LogP) is 2.39. The summed E-state index contributed by atoms with van der Waals surface area (Å²) in [6, 6.07) is 10.4. The van der Waals surface area contributed by atoms with Crippen molar-refractivity contribution in [2.75, 3.05) is 6.54 Å². The molecule has 0 aliphatic carbocycles. The molecule has 1 aromatic carbocycles. The molecule has 0 amide bonds. The number of ether oxygens (including phenoxy) is 1. The second-order valence-corrected chi connectivity index (χ2v) is 5.23. The van der Waals surface area contributed by atoms with Crippen LogP contribution in [0, 0.1) is 0 Å². The van der Waals surface area contributed by atoms with Crippen molar-refractivity contribution in [2.24, 2.45) is 0 Å². The van der Waals surface area contributed by atoms with Crippen molar-refractivity contribution in [3.8, 4) is 5.75 Å². The van der Waals surface area contributed by atoms with Gasteiger partial charge < -0.3 is 10.1 Å². The highest BCUT2D eigenvalue weighted by Crippen LogP contribution is 2.27. The van der Waals surface area contributed by atoms with Crippen LogP contribution in [0.5, 0.6) is 5.75 Å². The minimum Gasteiger partial charge on any atom is -0.488 e. The standard InChI is InChI=1S/C16H21N3O/c1-2-9-19-14(7-8-18-19)11-17-12-15-10-13-5-3-4-6-16(13)20-15/h3-8,15,17H,2,9-12H2,1H3. The van der Waals surface area contributed by atoms with E-state index in [-0.39, 0.29) is 6.10 Å². The Morgan fingerprint density at radius 2 is 2.25 bits per heavy atom. The summed E-state index contributed by atoms with van der Waals surface area (Å²) < 4.78 is 7.99. The Morgan fingerprint density at radius 1 is 1.35 bits per heavy atom. The lowest BCUT2D eigenvalue weighted by molar-refractivity contribution is 0.226. The van der Waals surface area contributed by atoms with Crippen LogP contribution in [-0.4, -0.2) is 22.4 Å². The monoisotopic (exact) mass is 271 g/mol. The first kappa shape index (κ1) is 13.2. The van der Waals surface area contributed by atoms with Gasteiger partial charge >= 0.3 is 0 Å². The molecule has 0 fully saturated rings. The molecule has 1 atom stereocenters. The van der Waals surface area contributed by atoms with E-state index in [0.29, 0.717) is 0 Å². The van der Waals surface area contributed by atoms with Gasteiger partial charge in [0.15, 0.2) is 0 Å². The lowest BCUT2D eigenvalue weighted by Crippen LogP contribution is -2.30. The van der Waals surface area contributed by atoms with E-state index in [1.807, 2.05) is 18.3 Å². The molecule has 20 heavy (non-hydrogen) atoms. The van der Waals surface area contributed by atoms with Gasteiger partial charge in [-0.1, -0.05) is 25.1 Å². The number of rotatable bonds is 6. The topological polar surface area (TPSA) is 39.1 Å². The van der Waals surface area contributed by atoms with Crippen molar-refractivity contribution in [3.63, 3.8) is 0 Å². The van der Waals surface area contributed by atoms with Gasteiger partial charge in [0.1, 0.15) is 11.9 Å². The zero-order valence-corrected chi connectivity index (χ0v) is 11.9. The number of fused-ring (bicyclic) bond motifs is 1. The van der Waals surface area contributed by atoms with Gasteiger partial charge in [-0.15, -0.1) is 0 Å². The fourth-order valence-electron chi connectivity index (χ4n) is 2.65. The quantitative estimate of drug-likeness (QED) is 0.877. The summed E-state index contributed by atoms with van der Waals surface area (Å²) in [4.78, 5) is 0. The van der Waals surface area contributed by atoms with E-state index in [2.05, 4.69) is 40.2 Å². The van der Waals surface area contributed by atoms with Crippen LogP contribution in [0.2, 0.25) is 0 Å². The second kappa shape index (κ2) is 6.09. The summed E-state index contributed by atoms with van der Waals surface area (Å²) in [6.45, 7) is 4.86. The van der Waals surface area contributed by atoms with Crippen molar-refractivity contribution in [1.29, 1.82) is 0 Å². The van der Waals surface area contributed by atoms with E-state index >= 15 is 0 Å². The van der Waals surface area contributed by atoms with Crippen LogP contribution in [0.25, 0.3) is 0 Å². The van der Waals surface area contributed by atoms with Crippen molar-refractivity contribution in [2.45, 2.75) is 39.0 Å². The third-order valence-corrected chi connectivity index (χ3v) is 3.63. The Morgan fingerprint density at radius 3 is 3.10 bits per heavy atom. The number of hydrogen-bond acceptors (Lipinski definition) is 3. The molecule has 106 valence electrons. The molecule has 4 nitrogen and oxygen atoms in total. The maximum atomic E-state index is 5.92. The fourth-order valence-corrected chi connectivity index (χ4v) is 2.65. The highest BCUT2D eigenvalue weighted by atomic mass is 16.5. The molecular formula is C16H21N3O. The molecular weight excluding hydrogens is 250 g/mol. The van der Waals surface area contributed by atoms with Gasteiger partial charge in [0.05, 0.1) is 5.69 Å². The van der Waals surface area contributed by atoms with Gasteiger partial charge in [0, 0.05) is 32.3 Å². The summed E-state index contributed by atoms with van der Waals surface area (Å²) in [5.74, 6) is 1.04. The maximum Gasteiger partial charge on any atom is 0.123 e. The highest BCUT2D eigenvalue weighted by molar-refractivity contribution is 5.37. The number of nitrogens with one attached hydrogen (secondary N) is 1. The number of para-hydroxylation sites is 1. The van der Waals surface area contributed by atoms with Gasteiger partial charge in [-0.05, 0) is 24.1 Å². The summed E-state index contributed by atoms with van der Waals surface area (Å²) in [5, 5.41) is 7.81. The summed E-state index contributed by atoms with van der Waals surface area (Å²) in [7, 11) is 0. The van der Waals surface area contributed by atoms with E-state index in [1.54, 1.807) is 0 Å². The van der Waals surface area contributed by atoms with Crippen LogP contribution in [0.1, 0.15) is 24.6 Å². The SMILES string of the molecule is CCCn1nccc1CNCC1Cc2ccccc2O1. The molecule has 0 bridgehead atoms. The molecule has 3 rings (SSSR count). The molecule has 1 unspecified atom stereocenters. The van der Waals surface area contributed by atoms with Crippen LogP contribution in [0.4, 0.5) is 0 Å². The summed E-state index contributed by atoms with van der Waals surface area (Å²) >= 11 is 0. The van der Waals surface area contributed by atoms with E-state index in [1.165, 1.54) is 11.3 Å². The number of hydrogen-bond donors (Lipinski definition) is 1. The van der Waals surface area contributed by atoms with Crippen molar-refractivity contribution in [3.05, 3.63) is 47.8 Å². The van der Waals surface area contributed by atoms with Crippen molar-refractivity contribution < 1.29 is 4.74 Å². The average Bonchev–Trinajstić information content (AvgIpc) is 3.06. The number of aryl methyl sites for hydroxylation is 1. The van der Waals surface area contributed by atoms with Gasteiger partial charge in [0.25, 0.3) is 0 Å². The molecule has 1 aromatic heterocycles. The molecule has 1 aliphatic rings. The molecule has 2 heterocycles. The first-order valence-electron chi connectivity index (χ1n) is 7.33. The average molecular weight is 271 g/mol. The minimum absolute atomic E-state index is 0.245. The van der Waals surface area contributed by atoms with E-state index < -0.39 is 0 Å².